The lowest BCUT2D eigenvalue weighted by Gasteiger charge is -2.26. The Hall–Kier alpha value is -2.15. The van der Waals surface area contributed by atoms with E-state index >= 15 is 0 Å². The number of benzene rings is 1. The summed E-state index contributed by atoms with van der Waals surface area (Å²) in [5.41, 5.74) is 2.10. The van der Waals surface area contributed by atoms with Crippen LogP contribution in [0.1, 0.15) is 4.88 Å². The molecule has 26 heavy (non-hydrogen) atoms. The van der Waals surface area contributed by atoms with Crippen molar-refractivity contribution in [3.05, 3.63) is 47.5 Å². The number of hydrogen-bond donors (Lipinski definition) is 0. The van der Waals surface area contributed by atoms with E-state index in [0.29, 0.717) is 6.61 Å². The second-order valence-electron chi connectivity index (χ2n) is 6.23. The fourth-order valence-electron chi connectivity index (χ4n) is 3.00. The highest BCUT2D eigenvalue weighted by atomic mass is 32.1. The first-order chi connectivity index (χ1) is 12.8. The minimum atomic E-state index is 0.692. The molecule has 1 aromatic carbocycles. The number of rotatable bonds is 6. The highest BCUT2D eigenvalue weighted by Gasteiger charge is 2.13. The smallest absolute Gasteiger partial charge is 0.162 e. The van der Waals surface area contributed by atoms with E-state index in [1.54, 1.807) is 17.6 Å². The Morgan fingerprint density at radius 1 is 1.15 bits per heavy atom. The quantitative estimate of drug-likeness (QED) is 0.654. The van der Waals surface area contributed by atoms with E-state index in [1.165, 1.54) is 4.88 Å². The maximum atomic E-state index is 5.88. The third kappa shape index (κ3) is 3.98. The SMILES string of the molecule is Cc1sc(-c2ccco2)nc1-c1ccc(OCCN2CCOCC2)cc1. The monoisotopic (exact) mass is 370 g/mol. The van der Waals surface area contributed by atoms with Crippen molar-refractivity contribution in [1.82, 2.24) is 9.88 Å². The van der Waals surface area contributed by atoms with Crippen LogP contribution in [0.4, 0.5) is 0 Å². The summed E-state index contributed by atoms with van der Waals surface area (Å²) in [7, 11) is 0. The van der Waals surface area contributed by atoms with E-state index in [9.17, 15) is 0 Å². The number of nitrogens with zero attached hydrogens (tertiary/aromatic N) is 2. The summed E-state index contributed by atoms with van der Waals surface area (Å²) in [4.78, 5) is 8.29. The molecule has 6 heteroatoms. The molecule has 3 heterocycles. The van der Waals surface area contributed by atoms with Gasteiger partial charge >= 0.3 is 0 Å². The van der Waals surface area contributed by atoms with Crippen molar-refractivity contribution in [2.45, 2.75) is 6.92 Å². The van der Waals surface area contributed by atoms with Gasteiger partial charge in [-0.15, -0.1) is 11.3 Å². The molecule has 2 aromatic heterocycles. The second kappa shape index (κ2) is 8.03. The molecule has 0 spiro atoms. The van der Waals surface area contributed by atoms with Crippen LogP contribution in [0.2, 0.25) is 0 Å². The van der Waals surface area contributed by atoms with Crippen LogP contribution in [0.25, 0.3) is 22.0 Å². The molecule has 1 aliphatic rings. The summed E-state index contributed by atoms with van der Waals surface area (Å²) < 4.78 is 16.7. The molecular formula is C20H22N2O3S. The summed E-state index contributed by atoms with van der Waals surface area (Å²) >= 11 is 1.65. The number of morpholine rings is 1. The Balaban J connectivity index is 1.38. The van der Waals surface area contributed by atoms with Crippen molar-refractivity contribution < 1.29 is 13.9 Å². The first-order valence-corrected chi connectivity index (χ1v) is 9.66. The molecule has 0 saturated carbocycles. The maximum absolute atomic E-state index is 5.88. The number of thiazole rings is 1. The standard InChI is InChI=1S/C20H22N2O3S/c1-15-19(21-20(26-15)18-3-2-11-25-18)16-4-6-17(7-5-16)24-14-10-22-8-12-23-13-9-22/h2-7,11H,8-10,12-14H2,1H3. The Morgan fingerprint density at radius 3 is 2.69 bits per heavy atom. The van der Waals surface area contributed by atoms with Crippen molar-refractivity contribution in [2.24, 2.45) is 0 Å². The lowest BCUT2D eigenvalue weighted by Crippen LogP contribution is -2.38. The molecule has 4 rings (SSSR count). The Kier molecular flexibility index (Phi) is 5.34. The molecule has 0 aliphatic carbocycles. The zero-order valence-electron chi connectivity index (χ0n) is 14.8. The van der Waals surface area contributed by atoms with Gasteiger partial charge in [-0.2, -0.15) is 0 Å². The lowest BCUT2D eigenvalue weighted by atomic mass is 10.1. The van der Waals surface area contributed by atoms with E-state index in [1.807, 2.05) is 24.3 Å². The molecule has 0 radical (unpaired) electrons. The summed E-state index contributed by atoms with van der Waals surface area (Å²) in [6, 6.07) is 12.0. The van der Waals surface area contributed by atoms with Crippen molar-refractivity contribution in [1.29, 1.82) is 0 Å². The van der Waals surface area contributed by atoms with Crippen LogP contribution in [0, 0.1) is 6.92 Å². The van der Waals surface area contributed by atoms with E-state index < -0.39 is 0 Å². The average Bonchev–Trinajstić information content (AvgIpc) is 3.33. The zero-order chi connectivity index (χ0) is 17.8. The van der Waals surface area contributed by atoms with Crippen LogP contribution in [-0.2, 0) is 4.74 Å². The highest BCUT2D eigenvalue weighted by molar-refractivity contribution is 7.15. The van der Waals surface area contributed by atoms with Gasteiger partial charge in [0.1, 0.15) is 12.4 Å². The van der Waals surface area contributed by atoms with Gasteiger partial charge in [0.2, 0.25) is 0 Å². The van der Waals surface area contributed by atoms with E-state index in [-0.39, 0.29) is 0 Å². The van der Waals surface area contributed by atoms with Gasteiger partial charge in [0, 0.05) is 30.1 Å². The highest BCUT2D eigenvalue weighted by Crippen LogP contribution is 2.33. The van der Waals surface area contributed by atoms with Crippen molar-refractivity contribution in [2.75, 3.05) is 39.5 Å². The molecule has 1 aliphatic heterocycles. The van der Waals surface area contributed by atoms with Gasteiger partial charge in [0.25, 0.3) is 0 Å². The minimum absolute atomic E-state index is 0.692. The van der Waals surface area contributed by atoms with E-state index in [4.69, 9.17) is 18.9 Å². The topological polar surface area (TPSA) is 47.7 Å². The molecular weight excluding hydrogens is 348 g/mol. The van der Waals surface area contributed by atoms with E-state index in [0.717, 1.165) is 60.6 Å². The molecule has 3 aromatic rings. The molecule has 0 atom stereocenters. The normalized spacial score (nSPS) is 15.3. The summed E-state index contributed by atoms with van der Waals surface area (Å²) in [6.45, 7) is 7.34. The van der Waals surface area contributed by atoms with Gasteiger partial charge in [0.05, 0.1) is 25.2 Å². The second-order valence-corrected chi connectivity index (χ2v) is 7.43. The van der Waals surface area contributed by atoms with Gasteiger partial charge in [-0.25, -0.2) is 4.98 Å². The van der Waals surface area contributed by atoms with Gasteiger partial charge in [-0.05, 0) is 43.3 Å². The first-order valence-electron chi connectivity index (χ1n) is 8.84. The van der Waals surface area contributed by atoms with Crippen LogP contribution in [0.3, 0.4) is 0 Å². The molecule has 136 valence electrons. The largest absolute Gasteiger partial charge is 0.492 e. The molecule has 5 nitrogen and oxygen atoms in total. The fourth-order valence-corrected chi connectivity index (χ4v) is 3.90. The number of aryl methyl sites for hydroxylation is 1. The number of furan rings is 1. The van der Waals surface area contributed by atoms with E-state index in [2.05, 4.69) is 24.0 Å². The average molecular weight is 370 g/mol. The minimum Gasteiger partial charge on any atom is -0.492 e. The van der Waals surface area contributed by atoms with Crippen molar-refractivity contribution in [3.8, 4) is 27.8 Å². The summed E-state index contributed by atoms with van der Waals surface area (Å²) in [5.74, 6) is 1.70. The Labute approximate surface area is 157 Å². The zero-order valence-corrected chi connectivity index (χ0v) is 15.6. The number of hydrogen-bond acceptors (Lipinski definition) is 6. The van der Waals surface area contributed by atoms with Crippen LogP contribution >= 0.6 is 11.3 Å². The lowest BCUT2D eigenvalue weighted by molar-refractivity contribution is 0.0322. The molecule has 0 N–H and O–H groups in total. The van der Waals surface area contributed by atoms with Crippen molar-refractivity contribution in [3.63, 3.8) is 0 Å². The van der Waals surface area contributed by atoms with Gasteiger partial charge < -0.3 is 13.9 Å². The van der Waals surface area contributed by atoms with Crippen molar-refractivity contribution >= 4 is 11.3 Å². The third-order valence-corrected chi connectivity index (χ3v) is 5.42. The maximum Gasteiger partial charge on any atom is 0.162 e. The molecule has 0 bridgehead atoms. The number of aromatic nitrogens is 1. The van der Waals surface area contributed by atoms with Gasteiger partial charge in [0.15, 0.2) is 10.8 Å². The Bertz CT molecular complexity index is 821. The first kappa shape index (κ1) is 17.3. The summed E-state index contributed by atoms with van der Waals surface area (Å²) in [6.07, 6.45) is 1.68. The number of ether oxygens (including phenoxy) is 2. The molecule has 0 unspecified atom stereocenters. The fraction of sp³-hybridized carbons (Fsp3) is 0.350. The van der Waals surface area contributed by atoms with Crippen LogP contribution in [0.15, 0.2) is 47.1 Å². The third-order valence-electron chi connectivity index (χ3n) is 4.44. The van der Waals surface area contributed by atoms with Gasteiger partial charge in [-0.3, -0.25) is 4.90 Å². The van der Waals surface area contributed by atoms with Crippen LogP contribution in [0.5, 0.6) is 5.75 Å². The van der Waals surface area contributed by atoms with Crippen LogP contribution in [-0.4, -0.2) is 49.3 Å². The Morgan fingerprint density at radius 2 is 1.96 bits per heavy atom. The predicted octanol–water partition coefficient (Wildman–Crippen LogP) is 4.09. The molecule has 0 amide bonds. The van der Waals surface area contributed by atoms with Gasteiger partial charge in [-0.1, -0.05) is 0 Å². The molecule has 1 saturated heterocycles. The molecule has 1 fully saturated rings. The summed E-state index contributed by atoms with van der Waals surface area (Å²) in [5, 5.41) is 0.910. The van der Waals surface area contributed by atoms with Crippen LogP contribution < -0.4 is 4.74 Å². The predicted molar refractivity (Wildman–Crippen MR) is 103 cm³/mol.